The van der Waals surface area contributed by atoms with Crippen molar-refractivity contribution < 1.29 is 19.4 Å². The Morgan fingerprint density at radius 3 is 2.64 bits per heavy atom. The summed E-state index contributed by atoms with van der Waals surface area (Å²) in [5.74, 6) is -1.12. The molecule has 2 aromatic rings. The zero-order valence-corrected chi connectivity index (χ0v) is 14.0. The summed E-state index contributed by atoms with van der Waals surface area (Å²) >= 11 is 5.95. The fourth-order valence-electron chi connectivity index (χ4n) is 2.67. The molecule has 3 N–H and O–H groups in total. The van der Waals surface area contributed by atoms with Crippen LogP contribution in [0.4, 0.5) is 5.69 Å². The topological polar surface area (TPSA) is 87.7 Å². The Hall–Kier alpha value is -2.57. The molecule has 0 bridgehead atoms. The average molecular weight is 361 g/mol. The maximum Gasteiger partial charge on any atom is 0.313 e. The van der Waals surface area contributed by atoms with E-state index in [1.807, 2.05) is 0 Å². The summed E-state index contributed by atoms with van der Waals surface area (Å²) in [7, 11) is 0. The third kappa shape index (κ3) is 3.75. The van der Waals surface area contributed by atoms with E-state index in [-0.39, 0.29) is 6.54 Å². The second kappa shape index (κ2) is 7.13. The summed E-state index contributed by atoms with van der Waals surface area (Å²) in [6, 6.07) is 13.7. The molecule has 0 aromatic heterocycles. The van der Waals surface area contributed by atoms with E-state index in [1.165, 1.54) is 0 Å². The highest BCUT2D eigenvalue weighted by molar-refractivity contribution is 6.41. The quantitative estimate of drug-likeness (QED) is 0.731. The molecular weight excluding hydrogens is 344 g/mol. The number of carbonyl (C=O) groups excluding carboxylic acids is 2. The van der Waals surface area contributed by atoms with Crippen LogP contribution < -0.4 is 15.4 Å². The van der Waals surface area contributed by atoms with E-state index in [0.717, 1.165) is 0 Å². The first kappa shape index (κ1) is 17.3. The fraction of sp³-hybridized carbons (Fsp3) is 0.222. The number of para-hydroxylation sites is 2. The van der Waals surface area contributed by atoms with Crippen molar-refractivity contribution in [1.82, 2.24) is 5.32 Å². The van der Waals surface area contributed by atoms with Crippen LogP contribution in [-0.4, -0.2) is 30.1 Å². The lowest BCUT2D eigenvalue weighted by Gasteiger charge is -2.34. The summed E-state index contributed by atoms with van der Waals surface area (Å²) < 4.78 is 5.50. The molecule has 7 heteroatoms. The van der Waals surface area contributed by atoms with E-state index in [9.17, 15) is 14.7 Å². The number of amides is 2. The minimum atomic E-state index is -1.28. The summed E-state index contributed by atoms with van der Waals surface area (Å²) in [5, 5.41) is 16.1. The van der Waals surface area contributed by atoms with Gasteiger partial charge >= 0.3 is 11.8 Å². The van der Waals surface area contributed by atoms with Crippen molar-refractivity contribution in [1.29, 1.82) is 0 Å². The van der Waals surface area contributed by atoms with E-state index >= 15 is 0 Å². The van der Waals surface area contributed by atoms with Gasteiger partial charge < -0.3 is 20.5 Å². The number of carbonyl (C=O) groups is 2. The molecule has 3 rings (SSSR count). The van der Waals surface area contributed by atoms with Crippen LogP contribution in [0.1, 0.15) is 12.0 Å². The zero-order valence-electron chi connectivity index (χ0n) is 13.3. The van der Waals surface area contributed by atoms with Gasteiger partial charge in [-0.15, -0.1) is 0 Å². The Balaban J connectivity index is 1.64. The SMILES string of the molecule is O=C(NCC1(O)CCOc2ccccc21)C(=O)Nc1ccccc1Cl. The molecule has 1 atom stereocenters. The minimum Gasteiger partial charge on any atom is -0.493 e. The van der Waals surface area contributed by atoms with Gasteiger partial charge in [0.05, 0.1) is 23.9 Å². The largest absolute Gasteiger partial charge is 0.493 e. The number of hydrogen-bond donors (Lipinski definition) is 3. The van der Waals surface area contributed by atoms with Gasteiger partial charge in [0.15, 0.2) is 0 Å². The Labute approximate surface area is 149 Å². The summed E-state index contributed by atoms with van der Waals surface area (Å²) in [4.78, 5) is 24.0. The molecule has 1 aliphatic rings. The van der Waals surface area contributed by atoms with Crippen LogP contribution in [0.25, 0.3) is 0 Å². The monoisotopic (exact) mass is 360 g/mol. The number of halogens is 1. The van der Waals surface area contributed by atoms with E-state index in [4.69, 9.17) is 16.3 Å². The molecule has 1 aliphatic heterocycles. The predicted octanol–water partition coefficient (Wildman–Crippen LogP) is 2.06. The van der Waals surface area contributed by atoms with Crippen LogP contribution in [0, 0.1) is 0 Å². The van der Waals surface area contributed by atoms with Gasteiger partial charge in [0, 0.05) is 12.0 Å². The van der Waals surface area contributed by atoms with E-state index in [1.54, 1.807) is 48.5 Å². The lowest BCUT2D eigenvalue weighted by molar-refractivity contribution is -0.137. The first-order chi connectivity index (χ1) is 12.0. The van der Waals surface area contributed by atoms with Gasteiger partial charge in [-0.05, 0) is 18.2 Å². The van der Waals surface area contributed by atoms with E-state index < -0.39 is 17.4 Å². The van der Waals surface area contributed by atoms with Gasteiger partial charge in [-0.1, -0.05) is 41.9 Å². The Kier molecular flexibility index (Phi) is 4.92. The van der Waals surface area contributed by atoms with Crippen molar-refractivity contribution in [3.63, 3.8) is 0 Å². The van der Waals surface area contributed by atoms with Crippen molar-refractivity contribution in [3.05, 3.63) is 59.1 Å². The van der Waals surface area contributed by atoms with Crippen molar-refractivity contribution in [2.24, 2.45) is 0 Å². The van der Waals surface area contributed by atoms with Gasteiger partial charge in [-0.25, -0.2) is 0 Å². The summed E-state index contributed by atoms with van der Waals surface area (Å²) in [5.41, 5.74) is -0.345. The molecule has 0 saturated heterocycles. The Morgan fingerprint density at radius 1 is 1.12 bits per heavy atom. The summed E-state index contributed by atoms with van der Waals surface area (Å²) in [6.45, 7) is 0.233. The number of rotatable bonds is 3. The first-order valence-corrected chi connectivity index (χ1v) is 8.16. The number of benzene rings is 2. The van der Waals surface area contributed by atoms with Crippen LogP contribution in [0.2, 0.25) is 5.02 Å². The molecule has 2 amide bonds. The minimum absolute atomic E-state index is 0.0951. The second-order valence-electron chi connectivity index (χ2n) is 5.74. The van der Waals surface area contributed by atoms with Gasteiger partial charge in [0.25, 0.3) is 0 Å². The van der Waals surface area contributed by atoms with Crippen molar-refractivity contribution in [3.8, 4) is 5.75 Å². The number of ether oxygens (including phenoxy) is 1. The highest BCUT2D eigenvalue weighted by Gasteiger charge is 2.36. The second-order valence-corrected chi connectivity index (χ2v) is 6.15. The Bertz CT molecular complexity index is 811. The molecule has 25 heavy (non-hydrogen) atoms. The van der Waals surface area contributed by atoms with E-state index in [0.29, 0.717) is 35.1 Å². The van der Waals surface area contributed by atoms with Crippen LogP contribution in [0.3, 0.4) is 0 Å². The number of fused-ring (bicyclic) bond motifs is 1. The molecule has 1 heterocycles. The number of anilines is 1. The van der Waals surface area contributed by atoms with Gasteiger partial charge in [0.2, 0.25) is 0 Å². The lowest BCUT2D eigenvalue weighted by Crippen LogP contribution is -2.46. The molecular formula is C18H17ClN2O4. The Morgan fingerprint density at radius 2 is 1.84 bits per heavy atom. The zero-order chi connectivity index (χ0) is 17.9. The maximum absolute atomic E-state index is 12.0. The van der Waals surface area contributed by atoms with Crippen LogP contribution in [0.5, 0.6) is 5.75 Å². The molecule has 0 spiro atoms. The molecule has 0 aliphatic carbocycles. The van der Waals surface area contributed by atoms with Gasteiger partial charge in [0.1, 0.15) is 11.4 Å². The number of aliphatic hydroxyl groups is 1. The molecule has 1 unspecified atom stereocenters. The maximum atomic E-state index is 12.0. The molecule has 0 fully saturated rings. The van der Waals surface area contributed by atoms with Crippen LogP contribution in [0.15, 0.2) is 48.5 Å². The first-order valence-electron chi connectivity index (χ1n) is 7.78. The lowest BCUT2D eigenvalue weighted by atomic mass is 9.88. The standard InChI is InChI=1S/C18H17ClN2O4/c19-13-6-2-3-7-14(13)21-17(23)16(22)20-11-18(24)9-10-25-15-8-4-1-5-12(15)18/h1-8,24H,9-11H2,(H,20,22)(H,21,23). The van der Waals surface area contributed by atoms with Crippen molar-refractivity contribution in [2.45, 2.75) is 12.0 Å². The van der Waals surface area contributed by atoms with Gasteiger partial charge in [-0.2, -0.15) is 0 Å². The highest BCUT2D eigenvalue weighted by atomic mass is 35.5. The third-order valence-corrected chi connectivity index (χ3v) is 4.36. The normalized spacial score (nSPS) is 18.6. The van der Waals surface area contributed by atoms with Crippen LogP contribution in [-0.2, 0) is 15.2 Å². The number of nitrogens with one attached hydrogen (secondary N) is 2. The molecule has 6 nitrogen and oxygen atoms in total. The highest BCUT2D eigenvalue weighted by Crippen LogP contribution is 2.36. The molecule has 2 aromatic carbocycles. The van der Waals surface area contributed by atoms with Crippen molar-refractivity contribution in [2.75, 3.05) is 18.5 Å². The van der Waals surface area contributed by atoms with Crippen molar-refractivity contribution >= 4 is 29.1 Å². The van der Waals surface area contributed by atoms with Crippen LogP contribution >= 0.6 is 11.6 Å². The fourth-order valence-corrected chi connectivity index (χ4v) is 2.86. The third-order valence-electron chi connectivity index (χ3n) is 4.03. The smallest absolute Gasteiger partial charge is 0.313 e. The van der Waals surface area contributed by atoms with E-state index in [2.05, 4.69) is 10.6 Å². The molecule has 130 valence electrons. The molecule has 0 saturated carbocycles. The molecule has 0 radical (unpaired) electrons. The summed E-state index contributed by atoms with van der Waals surface area (Å²) in [6.07, 6.45) is 0.316. The number of hydrogen-bond acceptors (Lipinski definition) is 4. The van der Waals surface area contributed by atoms with Gasteiger partial charge in [-0.3, -0.25) is 9.59 Å². The predicted molar refractivity (Wildman–Crippen MR) is 93.5 cm³/mol. The average Bonchev–Trinajstić information content (AvgIpc) is 2.62.